The summed E-state index contributed by atoms with van der Waals surface area (Å²) in [5, 5.41) is 15.2. The lowest BCUT2D eigenvalue weighted by atomic mass is 10.00. The van der Waals surface area contributed by atoms with Gasteiger partial charge in [-0.05, 0) is 44.4 Å². The summed E-state index contributed by atoms with van der Waals surface area (Å²) in [7, 11) is 1.82. The van der Waals surface area contributed by atoms with Gasteiger partial charge >= 0.3 is 0 Å². The Morgan fingerprint density at radius 1 is 1.33 bits per heavy atom. The molecule has 0 bridgehead atoms. The van der Waals surface area contributed by atoms with Crippen molar-refractivity contribution < 1.29 is 4.79 Å². The first-order valence-corrected chi connectivity index (χ1v) is 8.13. The number of piperidine rings is 1. The maximum absolute atomic E-state index is 13.1. The van der Waals surface area contributed by atoms with Crippen LogP contribution in [0.4, 0.5) is 0 Å². The number of aromatic nitrogens is 6. The Kier molecular flexibility index (Phi) is 3.51. The number of fused-ring (bicyclic) bond motifs is 1. The fourth-order valence-corrected chi connectivity index (χ4v) is 3.28. The lowest BCUT2D eigenvalue weighted by Crippen LogP contribution is -2.39. The molecule has 1 amide bonds. The molecule has 1 unspecified atom stereocenters. The largest absolute Gasteiger partial charge is 0.328 e. The Morgan fingerprint density at radius 2 is 2.21 bits per heavy atom. The van der Waals surface area contributed by atoms with E-state index in [9.17, 15) is 4.79 Å². The van der Waals surface area contributed by atoms with Gasteiger partial charge < -0.3 is 4.90 Å². The molecule has 0 saturated carbocycles. The summed E-state index contributed by atoms with van der Waals surface area (Å²) < 4.78 is 1.68. The highest BCUT2D eigenvalue weighted by atomic mass is 16.2. The van der Waals surface area contributed by atoms with Crippen LogP contribution in [0.25, 0.3) is 11.0 Å². The molecule has 1 saturated heterocycles. The number of benzene rings is 1. The van der Waals surface area contributed by atoms with Gasteiger partial charge in [0.05, 0.1) is 11.6 Å². The van der Waals surface area contributed by atoms with Crippen molar-refractivity contribution in [3.63, 3.8) is 0 Å². The fraction of sp³-hybridized carbons (Fsp3) is 0.438. The van der Waals surface area contributed by atoms with Crippen molar-refractivity contribution in [2.75, 3.05) is 6.54 Å². The van der Waals surface area contributed by atoms with Gasteiger partial charge in [0.1, 0.15) is 11.3 Å². The van der Waals surface area contributed by atoms with Gasteiger partial charge in [-0.2, -0.15) is 5.10 Å². The number of aryl methyl sites for hydroxylation is 2. The first-order valence-electron chi connectivity index (χ1n) is 8.13. The summed E-state index contributed by atoms with van der Waals surface area (Å²) in [6.45, 7) is 2.59. The van der Waals surface area contributed by atoms with Gasteiger partial charge in [0.25, 0.3) is 5.91 Å². The number of carbonyl (C=O) groups excluding carboxylic acids is 1. The van der Waals surface area contributed by atoms with Crippen LogP contribution in [-0.4, -0.2) is 47.5 Å². The summed E-state index contributed by atoms with van der Waals surface area (Å²) in [6.07, 6.45) is 2.96. The summed E-state index contributed by atoms with van der Waals surface area (Å²) in [6, 6.07) is 5.43. The number of nitrogens with zero attached hydrogens (tertiary/aromatic N) is 6. The second kappa shape index (κ2) is 5.70. The number of H-pyrrole nitrogens is 1. The van der Waals surface area contributed by atoms with Crippen molar-refractivity contribution in [3.05, 3.63) is 35.4 Å². The minimum absolute atomic E-state index is 0.00486. The molecule has 0 spiro atoms. The zero-order chi connectivity index (χ0) is 16.7. The highest BCUT2D eigenvalue weighted by Crippen LogP contribution is 2.30. The summed E-state index contributed by atoms with van der Waals surface area (Å²) >= 11 is 0. The van der Waals surface area contributed by atoms with E-state index in [4.69, 9.17) is 0 Å². The van der Waals surface area contributed by atoms with Gasteiger partial charge in [0.2, 0.25) is 0 Å². The van der Waals surface area contributed by atoms with Crippen molar-refractivity contribution in [3.8, 4) is 0 Å². The molecule has 1 fully saturated rings. The van der Waals surface area contributed by atoms with Crippen molar-refractivity contribution in [2.45, 2.75) is 32.2 Å². The first-order chi connectivity index (χ1) is 11.6. The molecule has 2 aromatic heterocycles. The maximum Gasteiger partial charge on any atom is 0.254 e. The molecule has 8 heteroatoms. The topological polar surface area (TPSA) is 92.6 Å². The molecule has 124 valence electrons. The third-order valence-corrected chi connectivity index (χ3v) is 4.53. The van der Waals surface area contributed by atoms with Crippen LogP contribution in [0.3, 0.4) is 0 Å². The lowest BCUT2D eigenvalue weighted by molar-refractivity contribution is 0.0600. The average Bonchev–Trinajstić information content (AvgIpc) is 3.20. The van der Waals surface area contributed by atoms with Crippen LogP contribution in [-0.2, 0) is 7.05 Å². The van der Waals surface area contributed by atoms with Crippen LogP contribution < -0.4 is 0 Å². The Hall–Kier alpha value is -2.77. The number of likely N-dealkylation sites (tertiary alicyclic amines) is 1. The van der Waals surface area contributed by atoms with E-state index in [1.165, 1.54) is 0 Å². The zero-order valence-electron chi connectivity index (χ0n) is 13.7. The Bertz CT molecular complexity index is 897. The Morgan fingerprint density at radius 3 is 3.00 bits per heavy atom. The predicted molar refractivity (Wildman–Crippen MR) is 87.3 cm³/mol. The predicted octanol–water partition coefficient (Wildman–Crippen LogP) is 1.76. The fourth-order valence-electron chi connectivity index (χ4n) is 3.28. The van der Waals surface area contributed by atoms with Crippen LogP contribution in [0.15, 0.2) is 18.2 Å². The third kappa shape index (κ3) is 2.44. The SMILES string of the molecule is Cc1nc(C2CCCCN2C(=O)c2ccc3nnn(C)c3c2)n[nH]1. The second-order valence-corrected chi connectivity index (χ2v) is 6.21. The zero-order valence-corrected chi connectivity index (χ0v) is 13.7. The number of aromatic amines is 1. The molecule has 1 aromatic carbocycles. The van der Waals surface area contributed by atoms with Crippen LogP contribution >= 0.6 is 0 Å². The highest BCUT2D eigenvalue weighted by molar-refractivity contribution is 5.97. The number of nitrogens with one attached hydrogen (secondary N) is 1. The van der Waals surface area contributed by atoms with Crippen LogP contribution in [0.1, 0.15) is 47.3 Å². The average molecular weight is 325 g/mol. The molecule has 0 radical (unpaired) electrons. The van der Waals surface area contributed by atoms with Gasteiger partial charge in [0, 0.05) is 19.2 Å². The summed E-state index contributed by atoms with van der Waals surface area (Å²) in [4.78, 5) is 19.4. The molecule has 3 heterocycles. The molecule has 3 aromatic rings. The lowest BCUT2D eigenvalue weighted by Gasteiger charge is -2.34. The van der Waals surface area contributed by atoms with Crippen LogP contribution in [0.5, 0.6) is 0 Å². The van der Waals surface area contributed by atoms with E-state index < -0.39 is 0 Å². The standard InChI is InChI=1S/C16H19N7O/c1-10-17-15(20-18-10)13-5-3-4-8-23(13)16(24)11-6-7-12-14(9-11)22(2)21-19-12/h6-7,9,13H,3-5,8H2,1-2H3,(H,17,18,20). The Balaban J connectivity index is 1.68. The van der Waals surface area contributed by atoms with E-state index in [2.05, 4.69) is 25.5 Å². The van der Waals surface area contributed by atoms with E-state index in [1.807, 2.05) is 37.1 Å². The van der Waals surface area contributed by atoms with Gasteiger partial charge in [-0.1, -0.05) is 5.21 Å². The van der Waals surface area contributed by atoms with Gasteiger partial charge in [-0.15, -0.1) is 5.10 Å². The van der Waals surface area contributed by atoms with Crippen molar-refractivity contribution in [1.82, 2.24) is 35.1 Å². The molecule has 1 aliphatic heterocycles. The van der Waals surface area contributed by atoms with E-state index in [-0.39, 0.29) is 11.9 Å². The van der Waals surface area contributed by atoms with Crippen LogP contribution in [0, 0.1) is 6.92 Å². The van der Waals surface area contributed by atoms with E-state index in [0.717, 1.165) is 42.7 Å². The molecule has 8 nitrogen and oxygen atoms in total. The molecular weight excluding hydrogens is 306 g/mol. The summed E-state index contributed by atoms with van der Waals surface area (Å²) in [5.74, 6) is 1.47. The normalized spacial score (nSPS) is 18.2. The molecule has 1 atom stereocenters. The van der Waals surface area contributed by atoms with E-state index >= 15 is 0 Å². The number of rotatable bonds is 2. The minimum Gasteiger partial charge on any atom is -0.328 e. The minimum atomic E-state index is -0.0726. The van der Waals surface area contributed by atoms with Crippen molar-refractivity contribution in [1.29, 1.82) is 0 Å². The van der Waals surface area contributed by atoms with Gasteiger partial charge in [0.15, 0.2) is 5.82 Å². The smallest absolute Gasteiger partial charge is 0.254 e. The van der Waals surface area contributed by atoms with E-state index in [0.29, 0.717) is 11.4 Å². The molecular formula is C16H19N7O. The monoisotopic (exact) mass is 325 g/mol. The number of carbonyl (C=O) groups is 1. The third-order valence-electron chi connectivity index (χ3n) is 4.53. The van der Waals surface area contributed by atoms with Gasteiger partial charge in [-0.25, -0.2) is 9.67 Å². The summed E-state index contributed by atoms with van der Waals surface area (Å²) in [5.41, 5.74) is 2.28. The highest BCUT2D eigenvalue weighted by Gasteiger charge is 2.31. The molecule has 0 aliphatic carbocycles. The molecule has 4 rings (SSSR count). The van der Waals surface area contributed by atoms with Crippen molar-refractivity contribution >= 4 is 16.9 Å². The van der Waals surface area contributed by atoms with E-state index in [1.54, 1.807) is 4.68 Å². The number of hydrogen-bond acceptors (Lipinski definition) is 5. The Labute approximate surface area is 138 Å². The first kappa shape index (κ1) is 14.8. The van der Waals surface area contributed by atoms with Crippen molar-refractivity contribution in [2.24, 2.45) is 7.05 Å². The quantitative estimate of drug-likeness (QED) is 0.775. The molecule has 24 heavy (non-hydrogen) atoms. The van der Waals surface area contributed by atoms with Gasteiger partial charge in [-0.3, -0.25) is 9.89 Å². The molecule has 1 N–H and O–H groups in total. The number of hydrogen-bond donors (Lipinski definition) is 1. The number of amides is 1. The second-order valence-electron chi connectivity index (χ2n) is 6.21. The molecule has 1 aliphatic rings. The van der Waals surface area contributed by atoms with Crippen LogP contribution in [0.2, 0.25) is 0 Å². The maximum atomic E-state index is 13.1.